The molecule has 0 saturated carbocycles. The zero-order valence-electron chi connectivity index (χ0n) is 23.5. The Morgan fingerprint density at radius 2 is 1.71 bits per heavy atom. The van der Waals surface area contributed by atoms with Gasteiger partial charge in [-0.15, -0.1) is 11.3 Å². The SMILES string of the molecule is CC(C)(c1ccccc1)c1cccc(S(=O)(=O)NC(Cc2nc3ccccc3s2)C(=O)N2CCC(CCO)CC2)c1. The van der Waals surface area contributed by atoms with Crippen molar-refractivity contribution in [2.24, 2.45) is 5.92 Å². The Balaban J connectivity index is 1.42. The standard InChI is InChI=1S/C32H37N3O4S2/c1-32(2,24-9-4-3-5-10-24)25-11-8-12-26(21-25)41(38,39)34-28(22-30-33-27-13-6-7-14-29(27)40-30)31(37)35-18-15-23(16-19-35)17-20-36/h3-14,21,23,28,34,36H,15-20,22H2,1-2H3. The predicted octanol–water partition coefficient (Wildman–Crippen LogP) is 5.13. The maximum Gasteiger partial charge on any atom is 0.241 e. The number of aromatic nitrogens is 1. The molecule has 1 aromatic heterocycles. The number of hydrogen-bond donors (Lipinski definition) is 2. The first-order chi connectivity index (χ1) is 19.7. The topological polar surface area (TPSA) is 99.6 Å². The molecule has 1 fully saturated rings. The lowest BCUT2D eigenvalue weighted by Gasteiger charge is -2.34. The van der Waals surface area contributed by atoms with Gasteiger partial charge in [0, 0.05) is 31.5 Å². The summed E-state index contributed by atoms with van der Waals surface area (Å²) in [5.74, 6) is 0.134. The highest BCUT2D eigenvalue weighted by Gasteiger charge is 2.33. The minimum Gasteiger partial charge on any atom is -0.396 e. The van der Waals surface area contributed by atoms with E-state index < -0.39 is 21.5 Å². The maximum atomic E-state index is 13.8. The summed E-state index contributed by atoms with van der Waals surface area (Å²) in [6.07, 6.45) is 2.48. The lowest BCUT2D eigenvalue weighted by molar-refractivity contribution is -0.134. The number of aliphatic hydroxyl groups excluding tert-OH is 1. The van der Waals surface area contributed by atoms with Gasteiger partial charge in [-0.05, 0) is 60.6 Å². The Kier molecular flexibility index (Phi) is 8.89. The summed E-state index contributed by atoms with van der Waals surface area (Å²) in [6.45, 7) is 5.37. The van der Waals surface area contributed by atoms with Gasteiger partial charge in [0.05, 0.1) is 20.1 Å². The number of carbonyl (C=O) groups is 1. The summed E-state index contributed by atoms with van der Waals surface area (Å²) in [6, 6.07) is 23.7. The van der Waals surface area contributed by atoms with Crippen LogP contribution >= 0.6 is 11.3 Å². The van der Waals surface area contributed by atoms with Crippen LogP contribution in [0.3, 0.4) is 0 Å². The van der Waals surface area contributed by atoms with Crippen LogP contribution in [0.5, 0.6) is 0 Å². The summed E-state index contributed by atoms with van der Waals surface area (Å²) < 4.78 is 31.4. The second-order valence-corrected chi connectivity index (χ2v) is 14.1. The number of carbonyl (C=O) groups excluding carboxylic acids is 1. The number of hydrogen-bond acceptors (Lipinski definition) is 6. The molecule has 1 aliphatic heterocycles. The number of piperidine rings is 1. The molecule has 216 valence electrons. The molecule has 2 N–H and O–H groups in total. The molecule has 0 spiro atoms. The van der Waals surface area contributed by atoms with E-state index in [9.17, 15) is 18.3 Å². The van der Waals surface area contributed by atoms with Crippen molar-refractivity contribution in [1.82, 2.24) is 14.6 Å². The van der Waals surface area contributed by atoms with Gasteiger partial charge in [-0.25, -0.2) is 13.4 Å². The third-order valence-electron chi connectivity index (χ3n) is 8.14. The van der Waals surface area contributed by atoms with Crippen molar-refractivity contribution in [1.29, 1.82) is 0 Å². The molecule has 4 aromatic rings. The van der Waals surface area contributed by atoms with Crippen LogP contribution in [0.15, 0.2) is 83.8 Å². The van der Waals surface area contributed by atoms with E-state index in [0.717, 1.165) is 40.6 Å². The molecule has 1 saturated heterocycles. The first kappa shape index (κ1) is 29.4. The van der Waals surface area contributed by atoms with Crippen LogP contribution < -0.4 is 4.72 Å². The number of fused-ring (bicyclic) bond motifs is 1. The van der Waals surface area contributed by atoms with Gasteiger partial charge in [-0.3, -0.25) is 4.79 Å². The van der Waals surface area contributed by atoms with Gasteiger partial charge in [0.1, 0.15) is 6.04 Å². The van der Waals surface area contributed by atoms with Crippen molar-refractivity contribution in [3.8, 4) is 0 Å². The van der Waals surface area contributed by atoms with E-state index in [0.29, 0.717) is 24.0 Å². The van der Waals surface area contributed by atoms with E-state index in [-0.39, 0.29) is 23.8 Å². The monoisotopic (exact) mass is 591 g/mol. The van der Waals surface area contributed by atoms with Crippen molar-refractivity contribution in [2.45, 2.75) is 55.9 Å². The number of nitrogens with zero attached hydrogens (tertiary/aromatic N) is 2. The molecule has 7 nitrogen and oxygen atoms in total. The van der Waals surface area contributed by atoms with Gasteiger partial charge >= 0.3 is 0 Å². The van der Waals surface area contributed by atoms with E-state index in [2.05, 4.69) is 23.6 Å². The Morgan fingerprint density at radius 3 is 2.41 bits per heavy atom. The third kappa shape index (κ3) is 6.70. The summed E-state index contributed by atoms with van der Waals surface area (Å²) in [4.78, 5) is 20.4. The number of likely N-dealkylation sites (tertiary alicyclic amines) is 1. The molecule has 0 radical (unpaired) electrons. The fraction of sp³-hybridized carbons (Fsp3) is 0.375. The predicted molar refractivity (Wildman–Crippen MR) is 163 cm³/mol. The van der Waals surface area contributed by atoms with Crippen LogP contribution in [0.2, 0.25) is 0 Å². The number of amides is 1. The smallest absolute Gasteiger partial charge is 0.241 e. The summed E-state index contributed by atoms with van der Waals surface area (Å²) in [5, 5.41) is 10.0. The molecule has 1 unspecified atom stereocenters. The van der Waals surface area contributed by atoms with Gasteiger partial charge in [0.15, 0.2) is 0 Å². The van der Waals surface area contributed by atoms with Gasteiger partial charge in [0.25, 0.3) is 0 Å². The van der Waals surface area contributed by atoms with Crippen LogP contribution in [0.25, 0.3) is 10.2 Å². The van der Waals surface area contributed by atoms with Crippen molar-refractivity contribution in [3.63, 3.8) is 0 Å². The average molecular weight is 592 g/mol. The van der Waals surface area contributed by atoms with Crippen LogP contribution in [-0.2, 0) is 26.7 Å². The fourth-order valence-corrected chi connectivity index (χ4v) is 7.78. The van der Waals surface area contributed by atoms with Gasteiger partial charge in [-0.2, -0.15) is 4.72 Å². The molecule has 41 heavy (non-hydrogen) atoms. The molecular weight excluding hydrogens is 555 g/mol. The second-order valence-electron chi connectivity index (χ2n) is 11.3. The number of sulfonamides is 1. The largest absolute Gasteiger partial charge is 0.396 e. The number of benzene rings is 3. The molecule has 5 rings (SSSR count). The highest BCUT2D eigenvalue weighted by Crippen LogP contribution is 2.32. The first-order valence-electron chi connectivity index (χ1n) is 14.1. The molecular formula is C32H37N3O4S2. The van der Waals surface area contributed by atoms with E-state index in [4.69, 9.17) is 0 Å². The van der Waals surface area contributed by atoms with Crippen LogP contribution in [0.4, 0.5) is 0 Å². The highest BCUT2D eigenvalue weighted by atomic mass is 32.2. The van der Waals surface area contributed by atoms with Crippen LogP contribution in [0.1, 0.15) is 49.2 Å². The normalized spacial score (nSPS) is 15.7. The first-order valence-corrected chi connectivity index (χ1v) is 16.4. The Hall–Kier alpha value is -3.11. The zero-order chi connectivity index (χ0) is 29.0. The van der Waals surface area contributed by atoms with Gasteiger partial charge in [0.2, 0.25) is 15.9 Å². The maximum absolute atomic E-state index is 13.8. The lowest BCUT2D eigenvalue weighted by atomic mass is 9.78. The van der Waals surface area contributed by atoms with Crippen LogP contribution in [-0.4, -0.2) is 55.1 Å². The lowest BCUT2D eigenvalue weighted by Crippen LogP contribution is -2.51. The van der Waals surface area contributed by atoms with Crippen molar-refractivity contribution < 1.29 is 18.3 Å². The summed E-state index contributed by atoms with van der Waals surface area (Å²) in [7, 11) is -4.03. The molecule has 3 aromatic carbocycles. The number of nitrogens with one attached hydrogen (secondary N) is 1. The Bertz CT molecular complexity index is 1560. The third-order valence-corrected chi connectivity index (χ3v) is 10.7. The molecule has 0 bridgehead atoms. The zero-order valence-corrected chi connectivity index (χ0v) is 25.1. The number of aliphatic hydroxyl groups is 1. The molecule has 0 aliphatic carbocycles. The van der Waals surface area contributed by atoms with Crippen molar-refractivity contribution in [2.75, 3.05) is 19.7 Å². The number of para-hydroxylation sites is 1. The quantitative estimate of drug-likeness (QED) is 0.266. The number of rotatable bonds is 10. The molecule has 2 heterocycles. The van der Waals surface area contributed by atoms with Crippen molar-refractivity contribution in [3.05, 3.63) is 95.0 Å². The van der Waals surface area contributed by atoms with E-state index in [1.807, 2.05) is 60.7 Å². The molecule has 1 aliphatic rings. The molecule has 1 atom stereocenters. The van der Waals surface area contributed by atoms with E-state index in [1.54, 1.807) is 23.1 Å². The Morgan fingerprint density at radius 1 is 1.02 bits per heavy atom. The molecule has 9 heteroatoms. The molecule has 1 amide bonds. The average Bonchev–Trinajstić information content (AvgIpc) is 3.40. The van der Waals surface area contributed by atoms with Crippen LogP contribution in [0, 0.1) is 5.92 Å². The summed E-state index contributed by atoms with van der Waals surface area (Å²) >= 11 is 1.48. The summed E-state index contributed by atoms with van der Waals surface area (Å²) in [5.41, 5.74) is 2.37. The van der Waals surface area contributed by atoms with Crippen molar-refractivity contribution >= 4 is 37.5 Å². The Labute approximate surface area is 246 Å². The van der Waals surface area contributed by atoms with Gasteiger partial charge in [-0.1, -0.05) is 68.4 Å². The van der Waals surface area contributed by atoms with E-state index >= 15 is 0 Å². The van der Waals surface area contributed by atoms with E-state index in [1.165, 1.54) is 11.3 Å². The second kappa shape index (κ2) is 12.4. The minimum atomic E-state index is -4.03. The number of thiazole rings is 1. The highest BCUT2D eigenvalue weighted by molar-refractivity contribution is 7.89. The van der Waals surface area contributed by atoms with Gasteiger partial charge < -0.3 is 10.0 Å². The fourth-order valence-electron chi connectivity index (χ4n) is 5.54. The minimum absolute atomic E-state index is 0.128.